The second-order valence-electron chi connectivity index (χ2n) is 5.44. The highest BCUT2D eigenvalue weighted by Crippen LogP contribution is 2.36. The summed E-state index contributed by atoms with van der Waals surface area (Å²) in [7, 11) is 1.98. The Balaban J connectivity index is 1.96. The topological polar surface area (TPSA) is 39.7 Å². The average molecular weight is 329 g/mol. The van der Waals surface area contributed by atoms with E-state index in [2.05, 4.69) is 5.32 Å². The molecule has 130 valence electrons. The second-order valence-corrected chi connectivity index (χ2v) is 5.44. The number of rotatable bonds is 11. The molecule has 24 heavy (non-hydrogen) atoms. The third-order valence-electron chi connectivity index (χ3n) is 3.55. The molecule has 0 bridgehead atoms. The molecular weight excluding hydrogens is 302 g/mol. The zero-order valence-corrected chi connectivity index (χ0v) is 14.6. The molecule has 0 aliphatic rings. The first kappa shape index (κ1) is 18.1. The van der Waals surface area contributed by atoms with E-state index in [4.69, 9.17) is 14.2 Å². The van der Waals surface area contributed by atoms with Crippen LogP contribution in [0.4, 0.5) is 0 Å². The minimum Gasteiger partial charge on any atom is -0.490 e. The van der Waals surface area contributed by atoms with Crippen molar-refractivity contribution in [3.63, 3.8) is 0 Å². The monoisotopic (exact) mass is 329 g/mol. The van der Waals surface area contributed by atoms with Crippen molar-refractivity contribution in [3.8, 4) is 23.0 Å². The molecule has 2 aromatic carbocycles. The zero-order valence-electron chi connectivity index (χ0n) is 14.6. The third-order valence-corrected chi connectivity index (χ3v) is 3.55. The molecule has 0 saturated carbocycles. The standard InChI is InChI=1S/C20H27NO3/c1-3-22-17-11-5-7-13-19(17)24-20-14-8-6-12-18(20)23-16-10-4-9-15-21-2/h5-8,11-14,21H,3-4,9-10,15-16H2,1-2H3. The second kappa shape index (κ2) is 10.6. The van der Waals surface area contributed by atoms with Gasteiger partial charge in [0, 0.05) is 0 Å². The Kier molecular flexibility index (Phi) is 7.98. The molecule has 0 spiro atoms. The van der Waals surface area contributed by atoms with Crippen molar-refractivity contribution in [2.75, 3.05) is 26.8 Å². The van der Waals surface area contributed by atoms with Crippen LogP contribution in [-0.2, 0) is 0 Å². The molecule has 0 atom stereocenters. The summed E-state index contributed by atoms with van der Waals surface area (Å²) in [5.74, 6) is 2.91. The Hall–Kier alpha value is -2.20. The van der Waals surface area contributed by atoms with Crippen LogP contribution in [-0.4, -0.2) is 26.8 Å². The van der Waals surface area contributed by atoms with Gasteiger partial charge in [0.2, 0.25) is 0 Å². The van der Waals surface area contributed by atoms with E-state index in [-0.39, 0.29) is 0 Å². The molecule has 0 saturated heterocycles. The fourth-order valence-corrected chi connectivity index (χ4v) is 2.34. The molecule has 0 heterocycles. The van der Waals surface area contributed by atoms with Crippen molar-refractivity contribution in [1.82, 2.24) is 5.32 Å². The van der Waals surface area contributed by atoms with Crippen molar-refractivity contribution in [2.24, 2.45) is 0 Å². The Bertz CT molecular complexity index is 601. The number of ether oxygens (including phenoxy) is 3. The lowest BCUT2D eigenvalue weighted by atomic mass is 10.2. The van der Waals surface area contributed by atoms with Crippen molar-refractivity contribution < 1.29 is 14.2 Å². The van der Waals surface area contributed by atoms with Crippen molar-refractivity contribution >= 4 is 0 Å². The van der Waals surface area contributed by atoms with Gasteiger partial charge in [0.1, 0.15) is 0 Å². The molecule has 0 aromatic heterocycles. The Labute approximate surface area is 144 Å². The maximum atomic E-state index is 6.03. The van der Waals surface area contributed by atoms with E-state index in [0.29, 0.717) is 24.7 Å². The van der Waals surface area contributed by atoms with Crippen LogP contribution in [0, 0.1) is 0 Å². The van der Waals surface area contributed by atoms with Crippen molar-refractivity contribution in [2.45, 2.75) is 26.2 Å². The normalized spacial score (nSPS) is 10.4. The minimum atomic E-state index is 0.602. The predicted octanol–water partition coefficient (Wildman–Crippen LogP) is 4.65. The highest BCUT2D eigenvalue weighted by molar-refractivity contribution is 5.47. The van der Waals surface area contributed by atoms with E-state index in [1.165, 1.54) is 6.42 Å². The van der Waals surface area contributed by atoms with Gasteiger partial charge in [-0.15, -0.1) is 0 Å². The molecule has 0 amide bonds. The van der Waals surface area contributed by atoms with Crippen LogP contribution in [0.5, 0.6) is 23.0 Å². The molecule has 4 nitrogen and oxygen atoms in total. The lowest BCUT2D eigenvalue weighted by Crippen LogP contribution is -2.08. The van der Waals surface area contributed by atoms with Crippen LogP contribution in [0.25, 0.3) is 0 Å². The van der Waals surface area contributed by atoms with Gasteiger partial charge in [0.15, 0.2) is 23.0 Å². The van der Waals surface area contributed by atoms with E-state index >= 15 is 0 Å². The molecule has 0 aliphatic heterocycles. The molecular formula is C20H27NO3. The number of para-hydroxylation sites is 4. The maximum Gasteiger partial charge on any atom is 0.169 e. The molecule has 0 radical (unpaired) electrons. The summed E-state index contributed by atoms with van der Waals surface area (Å²) >= 11 is 0. The van der Waals surface area contributed by atoms with E-state index in [1.807, 2.05) is 62.5 Å². The lowest BCUT2D eigenvalue weighted by Gasteiger charge is -2.14. The van der Waals surface area contributed by atoms with Gasteiger partial charge in [-0.2, -0.15) is 0 Å². The van der Waals surface area contributed by atoms with Crippen LogP contribution < -0.4 is 19.5 Å². The predicted molar refractivity (Wildman–Crippen MR) is 97.4 cm³/mol. The van der Waals surface area contributed by atoms with Gasteiger partial charge in [-0.3, -0.25) is 0 Å². The fourth-order valence-electron chi connectivity index (χ4n) is 2.34. The van der Waals surface area contributed by atoms with E-state index in [9.17, 15) is 0 Å². The third kappa shape index (κ3) is 5.78. The van der Waals surface area contributed by atoms with Gasteiger partial charge in [-0.1, -0.05) is 24.3 Å². The SMILES string of the molecule is CCOc1ccccc1Oc1ccccc1OCCCCCNC. The van der Waals surface area contributed by atoms with Gasteiger partial charge in [0.25, 0.3) is 0 Å². The number of nitrogens with one attached hydrogen (secondary N) is 1. The van der Waals surface area contributed by atoms with Crippen LogP contribution in [0.1, 0.15) is 26.2 Å². The van der Waals surface area contributed by atoms with Gasteiger partial charge >= 0.3 is 0 Å². The van der Waals surface area contributed by atoms with E-state index in [1.54, 1.807) is 0 Å². The number of unbranched alkanes of at least 4 members (excludes halogenated alkanes) is 2. The molecule has 0 unspecified atom stereocenters. The quantitative estimate of drug-likeness (QED) is 0.609. The first-order valence-electron chi connectivity index (χ1n) is 8.61. The Morgan fingerprint density at radius 3 is 1.92 bits per heavy atom. The molecule has 2 rings (SSSR count). The summed E-state index contributed by atoms with van der Waals surface area (Å²) in [5.41, 5.74) is 0. The molecule has 1 N–H and O–H groups in total. The van der Waals surface area contributed by atoms with E-state index < -0.39 is 0 Å². The molecule has 0 fully saturated rings. The number of hydrogen-bond donors (Lipinski definition) is 1. The number of benzene rings is 2. The van der Waals surface area contributed by atoms with Crippen molar-refractivity contribution in [3.05, 3.63) is 48.5 Å². The van der Waals surface area contributed by atoms with Gasteiger partial charge < -0.3 is 19.5 Å². The summed E-state index contributed by atoms with van der Waals surface area (Å²) in [6.07, 6.45) is 3.35. The largest absolute Gasteiger partial charge is 0.490 e. The Morgan fingerprint density at radius 1 is 0.750 bits per heavy atom. The van der Waals surface area contributed by atoms with Gasteiger partial charge in [-0.25, -0.2) is 0 Å². The summed E-state index contributed by atoms with van der Waals surface area (Å²) in [6, 6.07) is 15.4. The van der Waals surface area contributed by atoms with Gasteiger partial charge in [-0.05, 0) is 64.0 Å². The van der Waals surface area contributed by atoms with Crippen LogP contribution in [0.2, 0.25) is 0 Å². The smallest absolute Gasteiger partial charge is 0.169 e. The van der Waals surface area contributed by atoms with Crippen LogP contribution in [0.3, 0.4) is 0 Å². The molecule has 2 aromatic rings. The molecule has 0 aliphatic carbocycles. The Morgan fingerprint density at radius 2 is 1.33 bits per heavy atom. The fraction of sp³-hybridized carbons (Fsp3) is 0.400. The van der Waals surface area contributed by atoms with Crippen LogP contribution >= 0.6 is 0 Å². The number of hydrogen-bond acceptors (Lipinski definition) is 4. The first-order chi connectivity index (χ1) is 11.8. The highest BCUT2D eigenvalue weighted by Gasteiger charge is 2.09. The molecule has 4 heteroatoms. The minimum absolute atomic E-state index is 0.602. The van der Waals surface area contributed by atoms with Gasteiger partial charge in [0.05, 0.1) is 13.2 Å². The van der Waals surface area contributed by atoms with E-state index in [0.717, 1.165) is 30.9 Å². The lowest BCUT2D eigenvalue weighted by molar-refractivity contribution is 0.286. The highest BCUT2D eigenvalue weighted by atomic mass is 16.5. The van der Waals surface area contributed by atoms with Crippen LogP contribution in [0.15, 0.2) is 48.5 Å². The maximum absolute atomic E-state index is 6.03. The first-order valence-corrected chi connectivity index (χ1v) is 8.61. The summed E-state index contributed by atoms with van der Waals surface area (Å²) < 4.78 is 17.5. The summed E-state index contributed by atoms with van der Waals surface area (Å²) in [5, 5.41) is 3.16. The zero-order chi connectivity index (χ0) is 17.0. The summed E-state index contributed by atoms with van der Waals surface area (Å²) in [6.45, 7) is 4.30. The van der Waals surface area contributed by atoms with Crippen molar-refractivity contribution in [1.29, 1.82) is 0 Å². The summed E-state index contributed by atoms with van der Waals surface area (Å²) in [4.78, 5) is 0. The average Bonchev–Trinajstić information content (AvgIpc) is 2.61.